The van der Waals surface area contributed by atoms with E-state index in [4.69, 9.17) is 4.74 Å². The number of hydrogen-bond donors (Lipinski definition) is 1. The van der Waals surface area contributed by atoms with Gasteiger partial charge < -0.3 is 10.1 Å². The molecule has 2 aliphatic rings. The summed E-state index contributed by atoms with van der Waals surface area (Å²) < 4.78 is 5.83. The maximum Gasteiger partial charge on any atom is 0.0546 e. The first-order chi connectivity index (χ1) is 9.11. The summed E-state index contributed by atoms with van der Waals surface area (Å²) in [5, 5.41) is 3.65. The predicted molar refractivity (Wildman–Crippen MR) is 80.5 cm³/mol. The summed E-state index contributed by atoms with van der Waals surface area (Å²) in [5.41, 5.74) is 0.341. The molecule has 2 saturated heterocycles. The minimum atomic E-state index is 0.341. The fourth-order valence-electron chi connectivity index (χ4n) is 3.47. The Bertz CT molecular complexity index is 261. The summed E-state index contributed by atoms with van der Waals surface area (Å²) in [6.45, 7) is 12.4. The third-order valence-electron chi connectivity index (χ3n) is 4.77. The molecule has 2 unspecified atom stereocenters. The van der Waals surface area contributed by atoms with Gasteiger partial charge in [0.25, 0.3) is 0 Å². The summed E-state index contributed by atoms with van der Waals surface area (Å²) in [5.74, 6) is 0. The monoisotopic (exact) mass is 268 g/mol. The summed E-state index contributed by atoms with van der Waals surface area (Å²) >= 11 is 0. The van der Waals surface area contributed by atoms with Crippen LogP contribution in [0.1, 0.15) is 52.9 Å². The van der Waals surface area contributed by atoms with Gasteiger partial charge in [-0.1, -0.05) is 20.3 Å². The van der Waals surface area contributed by atoms with Crippen molar-refractivity contribution in [2.45, 2.75) is 65.0 Å². The zero-order chi connectivity index (χ0) is 13.7. The maximum absolute atomic E-state index is 5.83. The van der Waals surface area contributed by atoms with Gasteiger partial charge in [-0.25, -0.2) is 0 Å². The molecule has 19 heavy (non-hydrogen) atoms. The second-order valence-electron chi connectivity index (χ2n) is 7.01. The van der Waals surface area contributed by atoms with Gasteiger partial charge in [-0.2, -0.15) is 0 Å². The summed E-state index contributed by atoms with van der Waals surface area (Å²) in [6, 6.07) is 1.32. The van der Waals surface area contributed by atoms with Crippen molar-refractivity contribution in [3.05, 3.63) is 0 Å². The Hall–Kier alpha value is -0.120. The Morgan fingerprint density at radius 3 is 2.79 bits per heavy atom. The first-order valence-electron chi connectivity index (χ1n) is 8.16. The van der Waals surface area contributed by atoms with Gasteiger partial charge in [-0.15, -0.1) is 0 Å². The van der Waals surface area contributed by atoms with E-state index < -0.39 is 0 Å². The lowest BCUT2D eigenvalue weighted by Crippen LogP contribution is -2.52. The van der Waals surface area contributed by atoms with Crippen LogP contribution in [0.15, 0.2) is 0 Å². The minimum Gasteiger partial charge on any atom is -0.381 e. The molecule has 112 valence electrons. The van der Waals surface area contributed by atoms with E-state index in [1.807, 2.05) is 0 Å². The highest BCUT2D eigenvalue weighted by atomic mass is 16.5. The number of ether oxygens (including phenoxy) is 1. The molecule has 0 saturated carbocycles. The minimum absolute atomic E-state index is 0.341. The Kier molecular flexibility index (Phi) is 5.67. The molecule has 1 N–H and O–H groups in total. The van der Waals surface area contributed by atoms with Crippen LogP contribution in [0, 0.1) is 5.41 Å². The molecule has 2 fully saturated rings. The molecule has 3 nitrogen and oxygen atoms in total. The van der Waals surface area contributed by atoms with E-state index in [0.717, 1.165) is 25.8 Å². The van der Waals surface area contributed by atoms with E-state index in [9.17, 15) is 0 Å². The highest BCUT2D eigenvalue weighted by molar-refractivity contribution is 4.90. The van der Waals surface area contributed by atoms with Gasteiger partial charge in [0, 0.05) is 37.2 Å². The smallest absolute Gasteiger partial charge is 0.0546 e. The first kappa shape index (κ1) is 15.3. The quantitative estimate of drug-likeness (QED) is 0.829. The molecule has 0 aromatic heterocycles. The summed E-state index contributed by atoms with van der Waals surface area (Å²) in [7, 11) is 0. The van der Waals surface area contributed by atoms with Crippen LogP contribution in [0.4, 0.5) is 0 Å². The molecule has 0 aromatic rings. The van der Waals surface area contributed by atoms with Gasteiger partial charge in [0.2, 0.25) is 0 Å². The molecule has 0 amide bonds. The van der Waals surface area contributed by atoms with Crippen molar-refractivity contribution >= 4 is 0 Å². The van der Waals surface area contributed by atoms with Gasteiger partial charge in [0.1, 0.15) is 0 Å². The lowest BCUT2D eigenvalue weighted by Gasteiger charge is -2.44. The van der Waals surface area contributed by atoms with Crippen molar-refractivity contribution in [1.82, 2.24) is 10.2 Å². The third-order valence-corrected chi connectivity index (χ3v) is 4.77. The van der Waals surface area contributed by atoms with Crippen LogP contribution in [0.3, 0.4) is 0 Å². The van der Waals surface area contributed by atoms with Crippen LogP contribution in [0.5, 0.6) is 0 Å². The van der Waals surface area contributed by atoms with E-state index in [2.05, 4.69) is 31.0 Å². The fourth-order valence-corrected chi connectivity index (χ4v) is 3.47. The number of hydrogen-bond acceptors (Lipinski definition) is 3. The van der Waals surface area contributed by atoms with Crippen molar-refractivity contribution < 1.29 is 4.74 Å². The van der Waals surface area contributed by atoms with Crippen molar-refractivity contribution in [3.8, 4) is 0 Å². The Labute approximate surface area is 119 Å². The number of piperidine rings is 1. The fraction of sp³-hybridized carbons (Fsp3) is 1.00. The summed E-state index contributed by atoms with van der Waals surface area (Å²) in [4.78, 5) is 2.71. The average Bonchev–Trinajstić information content (AvgIpc) is 2.41. The molecule has 2 rings (SSSR count). The van der Waals surface area contributed by atoms with Crippen molar-refractivity contribution in [3.63, 3.8) is 0 Å². The number of rotatable bonds is 5. The van der Waals surface area contributed by atoms with Crippen molar-refractivity contribution in [2.24, 2.45) is 5.41 Å². The lowest BCUT2D eigenvalue weighted by atomic mass is 9.80. The molecule has 2 heterocycles. The number of nitrogens with one attached hydrogen (secondary N) is 1. The van der Waals surface area contributed by atoms with Crippen molar-refractivity contribution in [1.29, 1.82) is 0 Å². The largest absolute Gasteiger partial charge is 0.381 e. The van der Waals surface area contributed by atoms with Crippen molar-refractivity contribution in [2.75, 3.05) is 32.8 Å². The van der Waals surface area contributed by atoms with Crippen LogP contribution in [-0.4, -0.2) is 49.8 Å². The zero-order valence-electron chi connectivity index (χ0n) is 13.1. The van der Waals surface area contributed by atoms with Gasteiger partial charge in [0.15, 0.2) is 0 Å². The molecule has 0 spiro atoms. The molecule has 2 atom stereocenters. The first-order valence-corrected chi connectivity index (χ1v) is 8.16. The van der Waals surface area contributed by atoms with E-state index >= 15 is 0 Å². The molecule has 0 bridgehead atoms. The van der Waals surface area contributed by atoms with Crippen LogP contribution in [0.2, 0.25) is 0 Å². The Balaban J connectivity index is 1.95. The second kappa shape index (κ2) is 7.05. The van der Waals surface area contributed by atoms with Gasteiger partial charge >= 0.3 is 0 Å². The highest BCUT2D eigenvalue weighted by Crippen LogP contribution is 2.31. The van der Waals surface area contributed by atoms with E-state index in [1.165, 1.54) is 45.2 Å². The molecule has 0 aliphatic carbocycles. The van der Waals surface area contributed by atoms with E-state index in [-0.39, 0.29) is 0 Å². The van der Waals surface area contributed by atoms with Gasteiger partial charge in [-0.3, -0.25) is 4.90 Å². The topological polar surface area (TPSA) is 24.5 Å². The summed E-state index contributed by atoms with van der Waals surface area (Å²) in [6.07, 6.45) is 6.69. The lowest BCUT2D eigenvalue weighted by molar-refractivity contribution is -0.0367. The predicted octanol–water partition coefficient (Wildman–Crippen LogP) is 2.66. The maximum atomic E-state index is 5.83. The highest BCUT2D eigenvalue weighted by Gasteiger charge is 2.36. The van der Waals surface area contributed by atoms with Crippen LogP contribution < -0.4 is 5.32 Å². The molecule has 2 aliphatic heterocycles. The standard InChI is InChI=1S/C16H32N2O/c1-14(2)17-11-16(8-6-10-19-13-16)12-18-9-5-4-7-15(18)3/h14-15,17H,4-13H2,1-3H3. The normalized spacial score (nSPS) is 33.8. The van der Waals surface area contributed by atoms with Gasteiger partial charge in [-0.05, 0) is 39.2 Å². The Morgan fingerprint density at radius 2 is 2.16 bits per heavy atom. The Morgan fingerprint density at radius 1 is 1.32 bits per heavy atom. The average molecular weight is 268 g/mol. The number of nitrogens with zero attached hydrogens (tertiary/aromatic N) is 1. The SMILES string of the molecule is CC(C)NCC1(CN2CCCCC2C)CCCOC1. The third kappa shape index (κ3) is 4.44. The van der Waals surface area contributed by atoms with Crippen LogP contribution in [0.25, 0.3) is 0 Å². The molecular weight excluding hydrogens is 236 g/mol. The van der Waals surface area contributed by atoms with E-state index in [1.54, 1.807) is 0 Å². The molecule has 3 heteroatoms. The van der Waals surface area contributed by atoms with Crippen LogP contribution >= 0.6 is 0 Å². The van der Waals surface area contributed by atoms with Crippen LogP contribution in [-0.2, 0) is 4.74 Å². The zero-order valence-corrected chi connectivity index (χ0v) is 13.1. The van der Waals surface area contributed by atoms with E-state index in [0.29, 0.717) is 11.5 Å². The molecule has 0 radical (unpaired) electrons. The second-order valence-corrected chi connectivity index (χ2v) is 7.01. The number of likely N-dealkylation sites (tertiary alicyclic amines) is 1. The molecular formula is C16H32N2O. The molecule has 0 aromatic carbocycles. The van der Waals surface area contributed by atoms with Gasteiger partial charge in [0.05, 0.1) is 6.61 Å².